The number of carbonyl (C=O) groups is 2. The van der Waals surface area contributed by atoms with Crippen LogP contribution in [0.4, 0.5) is 10.5 Å². The van der Waals surface area contributed by atoms with Crippen LogP contribution in [0.15, 0.2) is 30.9 Å². The maximum absolute atomic E-state index is 12.0. The Balaban J connectivity index is 2.89. The van der Waals surface area contributed by atoms with Gasteiger partial charge in [-0.25, -0.2) is 9.59 Å². The number of hydrogen-bond acceptors (Lipinski definition) is 4. The molecule has 0 fully saturated rings. The Hall–Kier alpha value is -2.54. The maximum Gasteiger partial charge on any atom is 0.339 e. The molecule has 1 rings (SSSR count). The van der Waals surface area contributed by atoms with Crippen molar-refractivity contribution in [3.63, 3.8) is 0 Å². The van der Waals surface area contributed by atoms with Gasteiger partial charge in [0.2, 0.25) is 0 Å². The summed E-state index contributed by atoms with van der Waals surface area (Å²) in [7, 11) is 1.35. The van der Waals surface area contributed by atoms with E-state index in [-0.39, 0.29) is 31.0 Å². The van der Waals surface area contributed by atoms with E-state index in [9.17, 15) is 9.59 Å². The molecule has 21 heavy (non-hydrogen) atoms. The lowest BCUT2D eigenvalue weighted by molar-refractivity contribution is 0.0693. The molecule has 0 saturated heterocycles. The first-order valence-electron chi connectivity index (χ1n) is 6.22. The lowest BCUT2D eigenvalue weighted by Gasteiger charge is -2.20. The molecular weight excluding hydrogens is 276 g/mol. The summed E-state index contributed by atoms with van der Waals surface area (Å²) in [5.74, 6) is -0.962. The minimum absolute atomic E-state index is 0.00815. The number of carboxylic acid groups (broad SMARTS) is 1. The molecule has 0 radical (unpaired) electrons. The number of aromatic carboxylic acids is 1. The van der Waals surface area contributed by atoms with Crippen LogP contribution in [0.1, 0.15) is 10.4 Å². The lowest BCUT2D eigenvalue weighted by Crippen LogP contribution is -2.37. The normalized spacial score (nSPS) is 9.81. The third-order valence-electron chi connectivity index (χ3n) is 2.69. The molecule has 7 nitrogen and oxygen atoms in total. The van der Waals surface area contributed by atoms with Crippen molar-refractivity contribution in [1.29, 1.82) is 0 Å². The lowest BCUT2D eigenvalue weighted by atomic mass is 10.2. The van der Waals surface area contributed by atoms with E-state index in [2.05, 4.69) is 11.9 Å². The Morgan fingerprint density at radius 3 is 2.71 bits per heavy atom. The predicted molar refractivity (Wildman–Crippen MR) is 77.8 cm³/mol. The van der Waals surface area contributed by atoms with E-state index >= 15 is 0 Å². The number of benzene rings is 1. The van der Waals surface area contributed by atoms with Crippen molar-refractivity contribution < 1.29 is 24.5 Å². The molecule has 0 aliphatic rings. The molecule has 2 amide bonds. The van der Waals surface area contributed by atoms with Crippen LogP contribution in [-0.4, -0.2) is 53.9 Å². The van der Waals surface area contributed by atoms with Crippen molar-refractivity contribution in [2.24, 2.45) is 0 Å². The van der Waals surface area contributed by atoms with E-state index in [4.69, 9.17) is 14.9 Å². The van der Waals surface area contributed by atoms with Crippen molar-refractivity contribution in [2.45, 2.75) is 0 Å². The van der Waals surface area contributed by atoms with Gasteiger partial charge < -0.3 is 25.2 Å². The van der Waals surface area contributed by atoms with Crippen LogP contribution >= 0.6 is 0 Å². The first-order chi connectivity index (χ1) is 10.0. The fraction of sp³-hybridized carbons (Fsp3) is 0.286. The quantitative estimate of drug-likeness (QED) is 0.660. The average Bonchev–Trinajstić information content (AvgIpc) is 2.46. The zero-order chi connectivity index (χ0) is 15.8. The molecule has 1 aromatic carbocycles. The van der Waals surface area contributed by atoms with Gasteiger partial charge in [-0.15, -0.1) is 6.58 Å². The third kappa shape index (κ3) is 4.50. The Morgan fingerprint density at radius 1 is 1.48 bits per heavy atom. The van der Waals surface area contributed by atoms with Crippen molar-refractivity contribution in [3.8, 4) is 5.75 Å². The van der Waals surface area contributed by atoms with Crippen LogP contribution in [0.25, 0.3) is 0 Å². The van der Waals surface area contributed by atoms with Gasteiger partial charge >= 0.3 is 12.0 Å². The molecule has 7 heteroatoms. The summed E-state index contributed by atoms with van der Waals surface area (Å²) < 4.78 is 4.98. The first-order valence-corrected chi connectivity index (χ1v) is 6.22. The molecule has 0 aliphatic carbocycles. The number of nitrogens with one attached hydrogen (secondary N) is 1. The number of nitrogens with zero attached hydrogens (tertiary/aromatic N) is 1. The van der Waals surface area contributed by atoms with Gasteiger partial charge in [0.1, 0.15) is 11.3 Å². The average molecular weight is 294 g/mol. The summed E-state index contributed by atoms with van der Waals surface area (Å²) in [5.41, 5.74) is 0.405. The van der Waals surface area contributed by atoms with Crippen molar-refractivity contribution in [1.82, 2.24) is 4.90 Å². The molecule has 0 atom stereocenters. The largest absolute Gasteiger partial charge is 0.496 e. The van der Waals surface area contributed by atoms with Gasteiger partial charge in [-0.1, -0.05) is 6.08 Å². The van der Waals surface area contributed by atoms with E-state index in [1.165, 1.54) is 30.2 Å². The highest BCUT2D eigenvalue weighted by molar-refractivity contribution is 5.94. The molecule has 0 bridgehead atoms. The van der Waals surface area contributed by atoms with Gasteiger partial charge in [-0.05, 0) is 12.1 Å². The van der Waals surface area contributed by atoms with Crippen LogP contribution in [0, 0.1) is 0 Å². The van der Waals surface area contributed by atoms with Gasteiger partial charge in [0.15, 0.2) is 0 Å². The van der Waals surface area contributed by atoms with E-state index in [1.807, 2.05) is 0 Å². The zero-order valence-electron chi connectivity index (χ0n) is 11.7. The minimum Gasteiger partial charge on any atom is -0.496 e. The molecule has 0 aromatic heterocycles. The zero-order valence-corrected chi connectivity index (χ0v) is 11.7. The summed E-state index contributed by atoms with van der Waals surface area (Å²) in [5, 5.41) is 20.5. The van der Waals surface area contributed by atoms with E-state index in [0.717, 1.165) is 0 Å². The number of hydrogen-bond donors (Lipinski definition) is 3. The SMILES string of the molecule is C=CCN(CCO)C(=O)Nc1ccc(C(=O)O)c(OC)c1. The maximum atomic E-state index is 12.0. The Labute approximate surface area is 122 Å². The van der Waals surface area contributed by atoms with Crippen molar-refractivity contribution in [2.75, 3.05) is 32.1 Å². The number of aliphatic hydroxyl groups excluding tert-OH is 1. The molecule has 0 unspecified atom stereocenters. The summed E-state index contributed by atoms with van der Waals surface area (Å²) in [6, 6.07) is 3.82. The summed E-state index contributed by atoms with van der Waals surface area (Å²) >= 11 is 0. The topological polar surface area (TPSA) is 99.1 Å². The molecule has 0 saturated carbocycles. The van der Waals surface area contributed by atoms with E-state index in [0.29, 0.717) is 5.69 Å². The minimum atomic E-state index is -1.11. The van der Waals surface area contributed by atoms with Crippen LogP contribution in [0.5, 0.6) is 5.75 Å². The number of carboxylic acids is 1. The highest BCUT2D eigenvalue weighted by Crippen LogP contribution is 2.23. The van der Waals surface area contributed by atoms with Gasteiger partial charge in [0.25, 0.3) is 0 Å². The van der Waals surface area contributed by atoms with Crippen LogP contribution < -0.4 is 10.1 Å². The highest BCUT2D eigenvalue weighted by atomic mass is 16.5. The summed E-state index contributed by atoms with van der Waals surface area (Å²) in [4.78, 5) is 24.4. The molecule has 0 aliphatic heterocycles. The van der Waals surface area contributed by atoms with Gasteiger partial charge in [-0.3, -0.25) is 0 Å². The highest BCUT2D eigenvalue weighted by Gasteiger charge is 2.15. The van der Waals surface area contributed by atoms with Crippen LogP contribution in [0.2, 0.25) is 0 Å². The third-order valence-corrected chi connectivity index (χ3v) is 2.69. The van der Waals surface area contributed by atoms with Crippen LogP contribution in [-0.2, 0) is 0 Å². The Morgan fingerprint density at radius 2 is 2.19 bits per heavy atom. The van der Waals surface area contributed by atoms with Crippen molar-refractivity contribution >= 4 is 17.7 Å². The first kappa shape index (κ1) is 16.5. The van der Waals surface area contributed by atoms with Gasteiger partial charge in [0.05, 0.1) is 13.7 Å². The number of methoxy groups -OCH3 is 1. The second kappa shape index (κ2) is 7.91. The molecule has 1 aromatic rings. The molecule has 3 N–H and O–H groups in total. The summed E-state index contributed by atoms with van der Waals surface area (Å²) in [6.07, 6.45) is 1.54. The molecule has 0 heterocycles. The van der Waals surface area contributed by atoms with Crippen LogP contribution in [0.3, 0.4) is 0 Å². The summed E-state index contributed by atoms with van der Waals surface area (Å²) in [6.45, 7) is 3.84. The van der Waals surface area contributed by atoms with E-state index in [1.54, 1.807) is 6.08 Å². The van der Waals surface area contributed by atoms with E-state index < -0.39 is 12.0 Å². The fourth-order valence-electron chi connectivity index (χ4n) is 1.70. The van der Waals surface area contributed by atoms with Gasteiger partial charge in [0, 0.05) is 24.8 Å². The number of aliphatic hydroxyl groups is 1. The van der Waals surface area contributed by atoms with Crippen molar-refractivity contribution in [3.05, 3.63) is 36.4 Å². The molecular formula is C14H18N2O5. The number of carbonyl (C=O) groups excluding carboxylic acids is 1. The number of amides is 2. The number of urea groups is 1. The number of rotatable bonds is 7. The number of ether oxygens (including phenoxy) is 1. The Bertz CT molecular complexity index is 530. The molecule has 0 spiro atoms. The smallest absolute Gasteiger partial charge is 0.339 e. The monoisotopic (exact) mass is 294 g/mol. The number of anilines is 1. The van der Waals surface area contributed by atoms with Gasteiger partial charge in [-0.2, -0.15) is 0 Å². The fourth-order valence-corrected chi connectivity index (χ4v) is 1.70. The Kier molecular flexibility index (Phi) is 6.22. The molecule has 114 valence electrons. The second-order valence-corrected chi connectivity index (χ2v) is 4.11. The standard InChI is InChI=1S/C14H18N2O5/c1-3-6-16(7-8-17)14(20)15-10-4-5-11(13(18)19)12(9-10)21-2/h3-5,9,17H,1,6-8H2,2H3,(H,15,20)(H,18,19). The second-order valence-electron chi connectivity index (χ2n) is 4.11. The predicted octanol–water partition coefficient (Wildman–Crippen LogP) is 1.41.